The fourth-order valence-electron chi connectivity index (χ4n) is 19.9. The summed E-state index contributed by atoms with van der Waals surface area (Å²) < 4.78 is 83.7. The molecule has 12 aliphatic rings. The Labute approximate surface area is 599 Å². The van der Waals surface area contributed by atoms with Crippen molar-refractivity contribution in [1.82, 2.24) is 0 Å². The molecule has 12 rings (SSSR count). The first-order chi connectivity index (χ1) is 48.8. The lowest BCUT2D eigenvalue weighted by Crippen LogP contribution is -2.68. The van der Waals surface area contributed by atoms with Crippen molar-refractivity contribution < 1.29 is 173 Å². The van der Waals surface area contributed by atoms with E-state index in [1.807, 2.05) is 0 Å². The molecule has 104 heavy (non-hydrogen) atoms. The number of esters is 1. The maximum absolute atomic E-state index is 15.7. The average Bonchev–Trinajstić information content (AvgIpc) is 0.674. The molecule has 0 radical (unpaired) electrons. The van der Waals surface area contributed by atoms with Crippen LogP contribution < -0.4 is 0 Å². The zero-order chi connectivity index (χ0) is 75.7. The number of carboxylic acids is 1. The van der Waals surface area contributed by atoms with Gasteiger partial charge in [0, 0.05) is 0 Å². The van der Waals surface area contributed by atoms with E-state index >= 15 is 4.79 Å². The number of aliphatic carboxylic acids is 1. The molecule has 0 aromatic carbocycles. The lowest BCUT2D eigenvalue weighted by atomic mass is 9.33. The van der Waals surface area contributed by atoms with Gasteiger partial charge in [0.25, 0.3) is 0 Å². The van der Waals surface area contributed by atoms with Crippen LogP contribution in [0.2, 0.25) is 0 Å². The van der Waals surface area contributed by atoms with Crippen LogP contribution in [0.5, 0.6) is 0 Å². The van der Waals surface area contributed by atoms with Crippen LogP contribution in [0.3, 0.4) is 0 Å². The topological polar surface area (TPSA) is 545 Å². The van der Waals surface area contributed by atoms with Crippen molar-refractivity contribution >= 4 is 18.2 Å². The molecule has 5 aliphatic carbocycles. The third-order valence-corrected chi connectivity index (χ3v) is 26.4. The van der Waals surface area contributed by atoms with E-state index < -0.39 is 280 Å². The van der Waals surface area contributed by atoms with E-state index in [0.717, 1.165) is 11.9 Å². The van der Waals surface area contributed by atoms with Crippen molar-refractivity contribution in [3.63, 3.8) is 0 Å². The largest absolute Gasteiger partial charge is 0.479 e. The summed E-state index contributed by atoms with van der Waals surface area (Å²) in [4.78, 5) is 42.9. The molecular weight excluding hydrogens is 1390 g/mol. The summed E-state index contributed by atoms with van der Waals surface area (Å²) in [5.74, 6) is -3.30. The van der Waals surface area contributed by atoms with E-state index in [1.54, 1.807) is 6.92 Å². The Bertz CT molecular complexity index is 3040. The molecule has 18 N–H and O–H groups in total. The maximum atomic E-state index is 15.7. The van der Waals surface area contributed by atoms with E-state index in [9.17, 15) is 102 Å². The van der Waals surface area contributed by atoms with Crippen LogP contribution >= 0.6 is 0 Å². The number of hydrogen-bond acceptors (Lipinski definition) is 34. The van der Waals surface area contributed by atoms with Crippen molar-refractivity contribution in [2.75, 3.05) is 26.4 Å². The molecule has 4 saturated carbocycles. The zero-order valence-corrected chi connectivity index (χ0v) is 59.3. The number of carbonyl (C=O) groups is 3. The third kappa shape index (κ3) is 13.9. The minimum Gasteiger partial charge on any atom is -0.479 e. The van der Waals surface area contributed by atoms with Crippen LogP contribution in [0, 0.1) is 50.2 Å². The molecule has 35 heteroatoms. The summed E-state index contributed by atoms with van der Waals surface area (Å²) in [6.07, 6.45) is -49.8. The highest BCUT2D eigenvalue weighted by Crippen LogP contribution is 2.76. The normalized spacial score (nSPS) is 54.8. The molecule has 7 heterocycles. The highest BCUT2D eigenvalue weighted by molar-refractivity contribution is 5.79. The van der Waals surface area contributed by atoms with Crippen molar-refractivity contribution in [3.05, 3.63) is 11.6 Å². The highest BCUT2D eigenvalue weighted by atomic mass is 16.8. The molecule has 41 atom stereocenters. The predicted molar refractivity (Wildman–Crippen MR) is 341 cm³/mol. The van der Waals surface area contributed by atoms with E-state index in [1.165, 1.54) is 13.8 Å². The molecule has 0 amide bonds. The van der Waals surface area contributed by atoms with Gasteiger partial charge in [-0.2, -0.15) is 0 Å². The lowest BCUT2D eigenvalue weighted by molar-refractivity contribution is -0.391. The number of aliphatic hydroxyl groups is 17. The number of fused-ring (bicyclic) bond motifs is 7. The van der Waals surface area contributed by atoms with Crippen LogP contribution in [0.1, 0.15) is 120 Å². The fraction of sp³-hybridized carbons (Fsp3) is 0.928. The second kappa shape index (κ2) is 30.3. The van der Waals surface area contributed by atoms with Gasteiger partial charge in [0.05, 0.1) is 55.6 Å². The Kier molecular flexibility index (Phi) is 23.5. The molecule has 0 aromatic heterocycles. The molecule has 7 aliphatic heterocycles. The first-order valence-electron chi connectivity index (χ1n) is 36.3. The summed E-state index contributed by atoms with van der Waals surface area (Å²) in [5.41, 5.74) is -3.41. The third-order valence-electron chi connectivity index (χ3n) is 26.4. The van der Waals surface area contributed by atoms with Gasteiger partial charge in [-0.3, -0.25) is 4.79 Å². The minimum atomic E-state index is -2.20. The predicted octanol–water partition coefficient (Wildman–Crippen LogP) is -5.32. The van der Waals surface area contributed by atoms with Crippen molar-refractivity contribution in [2.24, 2.45) is 50.2 Å². The summed E-state index contributed by atoms with van der Waals surface area (Å²) in [6, 6.07) is 0. The summed E-state index contributed by atoms with van der Waals surface area (Å²) in [6.45, 7) is 13.2. The summed E-state index contributed by atoms with van der Waals surface area (Å²) >= 11 is 0. The van der Waals surface area contributed by atoms with Crippen molar-refractivity contribution in [3.8, 4) is 0 Å². The number of hydrogen-bond donors (Lipinski definition) is 18. The van der Waals surface area contributed by atoms with Crippen LogP contribution in [-0.2, 0) is 80.7 Å². The lowest BCUT2D eigenvalue weighted by Gasteiger charge is -2.71. The summed E-state index contributed by atoms with van der Waals surface area (Å²) in [7, 11) is 0. The standard InChI is InChI=1S/C69H108O35/c1-25-36(75)41(80)53(102-59-46(85)42(81)49(26(2)95-59)98-58-48(87)50(31(74)23-93-58)99-56-43(82)37(76)29(72)21-91-56)61(94-25)104-63(90)69-17-15-64(3,4)19-28(69)27-9-10-34-65(5)13-12-35(66(6,24-71)33(65)11-14-68(34,8)67(27,7)16-18-69)97-62-54(103-60-45(84)40(79)39(78)32(20-70)96-60)51(47(86)52(101-62)55(88)89)100-57-44(83)38(77)30(73)22-92-57/h9,24-26,28-54,56-62,70,72-87H,10-23H2,1-8H3,(H,88,89)/t25-,26+,28+,29+,30-,31-,32-,33-,34-,35+,36+,37+,38+,39+,40+,41+,42+,43-,44-,45-,46-,47+,48-,49+,50+,51+,52+,53-,54-,56+,57+,58+,59+,60+,61+,62-,65+,66+,67-,68-,69+/m1/s1. The second-order valence-electron chi connectivity index (χ2n) is 33.0. The number of carbonyl (C=O) groups excluding carboxylic acids is 2. The fourth-order valence-corrected chi connectivity index (χ4v) is 19.9. The second-order valence-corrected chi connectivity index (χ2v) is 33.0. The van der Waals surface area contributed by atoms with Gasteiger partial charge in [-0.15, -0.1) is 0 Å². The number of ether oxygens (including phenoxy) is 14. The molecule has 0 unspecified atom stereocenters. The first kappa shape index (κ1) is 80.7. The summed E-state index contributed by atoms with van der Waals surface area (Å²) in [5, 5.41) is 196. The quantitative estimate of drug-likeness (QED) is 0.0280. The van der Waals surface area contributed by atoms with Gasteiger partial charge >= 0.3 is 11.9 Å². The monoisotopic (exact) mass is 1500 g/mol. The van der Waals surface area contributed by atoms with Gasteiger partial charge < -0.3 is 163 Å². The van der Waals surface area contributed by atoms with Crippen LogP contribution in [0.15, 0.2) is 11.6 Å². The number of carboxylic acid groups (broad SMARTS) is 1. The Hall–Kier alpha value is -2.85. The number of aldehydes is 1. The van der Waals surface area contributed by atoms with Gasteiger partial charge in [-0.1, -0.05) is 53.2 Å². The van der Waals surface area contributed by atoms with E-state index in [0.29, 0.717) is 57.8 Å². The van der Waals surface area contributed by atoms with Gasteiger partial charge in [0.15, 0.2) is 49.9 Å². The average molecular weight is 1500 g/mol. The van der Waals surface area contributed by atoms with E-state index in [4.69, 9.17) is 66.3 Å². The number of allylic oxidation sites excluding steroid dienone is 2. The van der Waals surface area contributed by atoms with Gasteiger partial charge in [-0.25, -0.2) is 4.79 Å². The molecule has 0 bridgehead atoms. The maximum Gasteiger partial charge on any atom is 0.335 e. The molecule has 11 fully saturated rings. The van der Waals surface area contributed by atoms with Gasteiger partial charge in [0.2, 0.25) is 6.29 Å². The van der Waals surface area contributed by atoms with Crippen molar-refractivity contribution in [1.29, 1.82) is 0 Å². The Morgan fingerprint density at radius 2 is 1.03 bits per heavy atom. The molecule has 0 spiro atoms. The SMILES string of the molecule is C[C@@H]1O[C@@H](O[C@H]2[C@H](OC(=O)[C@]34CCC(C)(C)C[C@H]3C3=CC[C@@H]5[C@@]6(C)CC[C@H](O[C@@H]7O[C@H](C(=O)O)[C@@H](O)[C@H](O[C@@H]8OC[C@@H](O)[C@H](O)[C@H]8O)[C@H]7O[C@@H]7O[C@H](CO)[C@H](O)[C@H](O)[C@H]7O)[C@@](C)(C=O)[C@@H]6CC[C@@]5(C)[C@]3(C)CC4)O[C@H](C)[C@H](O)[C@@H]2O)[C@H](O)[C@H](O)[C@H]1O[C@@H]1OC[C@@H](O)[C@H](O[C@@H]2OC[C@H](O)[C@H](O)[C@H]2O)[C@H]1O. The van der Waals surface area contributed by atoms with E-state index in [-0.39, 0.29) is 17.8 Å². The highest BCUT2D eigenvalue weighted by Gasteiger charge is 2.72. The molecule has 7 saturated heterocycles. The first-order valence-corrected chi connectivity index (χ1v) is 36.3. The Balaban J connectivity index is 0.768. The minimum absolute atomic E-state index is 0.102. The number of aliphatic hydroxyl groups excluding tert-OH is 17. The molecule has 35 nitrogen and oxygen atoms in total. The van der Waals surface area contributed by atoms with Crippen LogP contribution in [-0.4, -0.2) is 339 Å². The molecule has 594 valence electrons. The molecule has 0 aromatic rings. The van der Waals surface area contributed by atoms with E-state index in [2.05, 4.69) is 40.7 Å². The number of rotatable bonds is 17. The smallest absolute Gasteiger partial charge is 0.335 e. The Morgan fingerprint density at radius 1 is 0.490 bits per heavy atom. The van der Waals surface area contributed by atoms with Gasteiger partial charge in [-0.05, 0) is 117 Å². The van der Waals surface area contributed by atoms with Crippen LogP contribution in [0.4, 0.5) is 0 Å². The van der Waals surface area contributed by atoms with Crippen molar-refractivity contribution in [2.45, 2.75) is 322 Å². The van der Waals surface area contributed by atoms with Crippen LogP contribution in [0.25, 0.3) is 0 Å². The zero-order valence-electron chi connectivity index (χ0n) is 59.3. The Morgan fingerprint density at radius 3 is 1.65 bits per heavy atom. The van der Waals surface area contributed by atoms with Gasteiger partial charge in [0.1, 0.15) is 134 Å². The molecular formula is C69H108O35.